The summed E-state index contributed by atoms with van der Waals surface area (Å²) in [4.78, 5) is 36.2. The largest absolute Gasteiger partial charge is 0.411 e. The first kappa shape index (κ1) is 40.9. The van der Waals surface area contributed by atoms with E-state index >= 15 is 0 Å². The lowest BCUT2D eigenvalue weighted by molar-refractivity contribution is -0.135. The third kappa shape index (κ3) is 9.97. The second-order valence-electron chi connectivity index (χ2n) is 14.0. The summed E-state index contributed by atoms with van der Waals surface area (Å²) in [6.07, 6.45) is 1.84. The van der Waals surface area contributed by atoms with E-state index in [1.54, 1.807) is 34.9 Å². The number of nitrogens with one attached hydrogen (secondary N) is 1. The number of sulfonamides is 1. The molecule has 0 spiro atoms. The smallest absolute Gasteiger partial charge is 0.321 e. The van der Waals surface area contributed by atoms with Crippen molar-refractivity contribution in [3.05, 3.63) is 95.3 Å². The molecule has 14 nitrogen and oxygen atoms in total. The highest BCUT2D eigenvalue weighted by molar-refractivity contribution is 7.89. The third-order valence-electron chi connectivity index (χ3n) is 9.82. The lowest BCUT2D eigenvalue weighted by Gasteiger charge is -2.43. The molecule has 0 radical (unpaired) electrons. The molecule has 53 heavy (non-hydrogen) atoms. The van der Waals surface area contributed by atoms with Crippen molar-refractivity contribution in [2.75, 3.05) is 26.2 Å². The topological polar surface area (TPSA) is 188 Å². The number of hydrogen-bond donors (Lipinski definition) is 4. The van der Waals surface area contributed by atoms with Crippen molar-refractivity contribution in [3.63, 3.8) is 0 Å². The molecule has 4 rings (SSSR count). The first-order chi connectivity index (χ1) is 25.2. The Morgan fingerprint density at radius 2 is 1.66 bits per heavy atom. The summed E-state index contributed by atoms with van der Waals surface area (Å²) >= 11 is 0. The third-order valence-corrected chi connectivity index (χ3v) is 11.7. The number of aliphatic hydroxyl groups is 1. The Labute approximate surface area is 311 Å². The fourth-order valence-electron chi connectivity index (χ4n) is 6.50. The molecule has 3 amide bonds. The molecule has 1 aromatic heterocycles. The van der Waals surface area contributed by atoms with Crippen molar-refractivity contribution in [2.24, 2.45) is 22.1 Å². The van der Waals surface area contributed by atoms with Crippen LogP contribution in [0.3, 0.4) is 0 Å². The van der Waals surface area contributed by atoms with E-state index in [0.717, 1.165) is 5.56 Å². The van der Waals surface area contributed by atoms with Gasteiger partial charge in [-0.2, -0.15) is 4.31 Å². The average molecular weight is 750 g/mol. The van der Waals surface area contributed by atoms with Gasteiger partial charge in [-0.3, -0.25) is 4.79 Å². The minimum Gasteiger partial charge on any atom is -0.411 e. The fourth-order valence-corrected chi connectivity index (χ4v) is 8.13. The molecule has 0 saturated carbocycles. The molecule has 4 N–H and O–H groups in total. The van der Waals surface area contributed by atoms with Crippen LogP contribution in [0.15, 0.2) is 88.0 Å². The van der Waals surface area contributed by atoms with Crippen LogP contribution >= 0.6 is 0 Å². The number of aliphatic hydroxyl groups excluding tert-OH is 1. The molecule has 0 bridgehead atoms. The van der Waals surface area contributed by atoms with Crippen molar-refractivity contribution in [2.45, 2.75) is 76.6 Å². The molecule has 3 aromatic rings. The summed E-state index contributed by atoms with van der Waals surface area (Å²) in [5, 5.41) is 38.8. The SMILES string of the molecule is CCC(C)[C@@](C)(C(=O)N[C@@H](Cc1ccccc1)[C@H](O)CN(CC(C)C)S(=O)(=O)c1ccc(C=NO)cc1)N1CCN(Cc2cccc(C=NO)n2)C1=O. The number of urea groups is 1. The Kier molecular flexibility index (Phi) is 14.1. The van der Waals surface area contributed by atoms with E-state index in [1.165, 1.54) is 41.0 Å². The van der Waals surface area contributed by atoms with Crippen LogP contribution in [0.25, 0.3) is 0 Å². The minimum atomic E-state index is -4.09. The van der Waals surface area contributed by atoms with Gasteiger partial charge in [-0.05, 0) is 60.6 Å². The number of carbonyl (C=O) groups excluding carboxylic acids is 2. The van der Waals surface area contributed by atoms with Gasteiger partial charge in [0.25, 0.3) is 0 Å². The zero-order valence-electron chi connectivity index (χ0n) is 30.9. The first-order valence-electron chi connectivity index (χ1n) is 17.7. The monoisotopic (exact) mass is 749 g/mol. The number of aromatic nitrogens is 1. The van der Waals surface area contributed by atoms with E-state index in [4.69, 9.17) is 10.4 Å². The molecule has 2 aromatic carbocycles. The Hall–Kier alpha value is -4.86. The average Bonchev–Trinajstić information content (AvgIpc) is 3.50. The lowest BCUT2D eigenvalue weighted by atomic mass is 9.82. The number of pyridine rings is 1. The molecule has 1 fully saturated rings. The molecule has 4 atom stereocenters. The second-order valence-corrected chi connectivity index (χ2v) is 15.9. The highest BCUT2D eigenvalue weighted by atomic mass is 32.2. The molecule has 0 aliphatic carbocycles. The Morgan fingerprint density at radius 1 is 0.981 bits per heavy atom. The molecule has 286 valence electrons. The van der Waals surface area contributed by atoms with Crippen molar-refractivity contribution in [1.29, 1.82) is 0 Å². The number of benzene rings is 2. The summed E-state index contributed by atoms with van der Waals surface area (Å²) in [5.74, 6) is -0.834. The molecular formula is C38H51N7O7S. The zero-order chi connectivity index (χ0) is 38.8. The summed E-state index contributed by atoms with van der Waals surface area (Å²) in [6.45, 7) is 9.97. The van der Waals surface area contributed by atoms with E-state index in [1.807, 2.05) is 58.0 Å². The van der Waals surface area contributed by atoms with E-state index in [9.17, 15) is 23.1 Å². The summed E-state index contributed by atoms with van der Waals surface area (Å²) in [6, 6.07) is 19.1. The Bertz CT molecular complexity index is 1840. The highest BCUT2D eigenvalue weighted by Crippen LogP contribution is 2.32. The van der Waals surface area contributed by atoms with Gasteiger partial charge in [0.15, 0.2) is 0 Å². The van der Waals surface area contributed by atoms with E-state index in [0.29, 0.717) is 29.9 Å². The van der Waals surface area contributed by atoms with Crippen LogP contribution in [-0.2, 0) is 27.8 Å². The Morgan fingerprint density at radius 3 is 2.28 bits per heavy atom. The maximum Gasteiger partial charge on any atom is 0.321 e. The lowest BCUT2D eigenvalue weighted by Crippen LogP contribution is -2.64. The standard InChI is InChI=1S/C38H51N7O7S/c1-6-28(4)38(5,45-20-19-43(37(45)48)25-32-14-10-13-31(41-32)23-40-50)36(47)42-34(21-29-11-8-7-9-12-29)35(46)26-44(24-27(2)3)53(51,52)33-17-15-30(16-18-33)22-39-49/h7-18,22-23,27-28,34-35,46,49-50H,6,19-21,24-26H2,1-5H3,(H,42,47)/t28?,34-,35+,38-/m0/s1. The van der Waals surface area contributed by atoms with Crippen LogP contribution in [0.2, 0.25) is 0 Å². The summed E-state index contributed by atoms with van der Waals surface area (Å²) < 4.78 is 29.1. The van der Waals surface area contributed by atoms with Gasteiger partial charge in [0.2, 0.25) is 15.9 Å². The van der Waals surface area contributed by atoms with Crippen molar-refractivity contribution < 1.29 is 33.5 Å². The molecule has 1 unspecified atom stereocenters. The molecule has 2 heterocycles. The van der Waals surface area contributed by atoms with Crippen LogP contribution in [0.4, 0.5) is 4.79 Å². The predicted molar refractivity (Wildman–Crippen MR) is 201 cm³/mol. The normalized spacial score (nSPS) is 16.8. The van der Waals surface area contributed by atoms with Crippen molar-refractivity contribution >= 4 is 34.4 Å². The molecule has 1 aliphatic rings. The van der Waals surface area contributed by atoms with Crippen LogP contribution in [-0.4, -0.2) is 111 Å². The maximum absolute atomic E-state index is 14.6. The Balaban J connectivity index is 1.63. The fraction of sp³-hybridized carbons (Fsp3) is 0.447. The number of carbonyl (C=O) groups is 2. The highest BCUT2D eigenvalue weighted by Gasteiger charge is 2.50. The zero-order valence-corrected chi connectivity index (χ0v) is 31.7. The van der Waals surface area contributed by atoms with Gasteiger partial charge in [0.1, 0.15) is 5.54 Å². The number of rotatable bonds is 18. The van der Waals surface area contributed by atoms with Gasteiger partial charge in [-0.15, -0.1) is 0 Å². The van der Waals surface area contributed by atoms with Crippen LogP contribution < -0.4 is 5.32 Å². The summed E-state index contributed by atoms with van der Waals surface area (Å²) in [7, 11) is -4.09. The summed E-state index contributed by atoms with van der Waals surface area (Å²) in [5.41, 5.74) is 1.04. The molecular weight excluding hydrogens is 699 g/mol. The first-order valence-corrected chi connectivity index (χ1v) is 19.2. The quantitative estimate of drug-likeness (QED) is 0.0847. The van der Waals surface area contributed by atoms with Gasteiger partial charge in [-0.25, -0.2) is 18.2 Å². The van der Waals surface area contributed by atoms with Gasteiger partial charge in [0, 0.05) is 26.2 Å². The van der Waals surface area contributed by atoms with Gasteiger partial charge in [-0.1, -0.05) is 93.0 Å². The van der Waals surface area contributed by atoms with E-state index in [-0.39, 0.29) is 55.4 Å². The minimum absolute atomic E-state index is 0.00832. The van der Waals surface area contributed by atoms with Crippen molar-refractivity contribution in [3.8, 4) is 0 Å². The van der Waals surface area contributed by atoms with Gasteiger partial charge >= 0.3 is 6.03 Å². The van der Waals surface area contributed by atoms with Gasteiger partial charge < -0.3 is 30.6 Å². The van der Waals surface area contributed by atoms with Crippen LogP contribution in [0.1, 0.15) is 63.6 Å². The maximum atomic E-state index is 14.6. The molecule has 15 heteroatoms. The number of nitrogens with zero attached hydrogens (tertiary/aromatic N) is 6. The molecule has 1 saturated heterocycles. The van der Waals surface area contributed by atoms with Crippen LogP contribution in [0, 0.1) is 11.8 Å². The van der Waals surface area contributed by atoms with Gasteiger partial charge in [0.05, 0.1) is 47.4 Å². The predicted octanol–water partition coefficient (Wildman–Crippen LogP) is 4.18. The van der Waals surface area contributed by atoms with E-state index in [2.05, 4.69) is 20.6 Å². The number of amides is 3. The second kappa shape index (κ2) is 18.3. The molecule has 1 aliphatic heterocycles. The van der Waals surface area contributed by atoms with Crippen molar-refractivity contribution in [1.82, 2.24) is 24.4 Å². The number of hydrogen-bond acceptors (Lipinski definition) is 10. The number of oxime groups is 2. The van der Waals surface area contributed by atoms with E-state index < -0.39 is 33.6 Å². The van der Waals surface area contributed by atoms with Crippen LogP contribution in [0.5, 0.6) is 0 Å².